The van der Waals surface area contributed by atoms with Crippen molar-refractivity contribution in [3.05, 3.63) is 0 Å². The SMILES string of the molecule is CCCCC1CCC(CCCCCC[Si](OCC)(OCC)OCC)C(CCS(CCC[Si](OCC)(OCC)OCC)=S=S=S)C1. The van der Waals surface area contributed by atoms with Crippen LogP contribution in [0.3, 0.4) is 0 Å². The highest BCUT2D eigenvalue weighted by molar-refractivity contribution is 8.58. The van der Waals surface area contributed by atoms with Crippen LogP contribution in [0.4, 0.5) is 0 Å². The predicted octanol–water partition coefficient (Wildman–Crippen LogP) is 9.11. The fourth-order valence-corrected chi connectivity index (χ4v) is 19.3. The van der Waals surface area contributed by atoms with E-state index in [0.29, 0.717) is 39.6 Å². The third-order valence-corrected chi connectivity index (χ3v) is 22.4. The van der Waals surface area contributed by atoms with Crippen molar-refractivity contribution in [2.24, 2.45) is 17.8 Å². The highest BCUT2D eigenvalue weighted by Gasteiger charge is 2.40. The Labute approximate surface area is 293 Å². The van der Waals surface area contributed by atoms with E-state index in [4.69, 9.17) is 37.7 Å². The Morgan fingerprint density at radius 1 is 0.578 bits per heavy atom. The Balaban J connectivity index is 2.73. The maximum atomic E-state index is 6.12. The van der Waals surface area contributed by atoms with Gasteiger partial charge in [0, 0.05) is 51.7 Å². The highest BCUT2D eigenvalue weighted by atomic mass is 33.2. The molecule has 45 heavy (non-hydrogen) atoms. The highest BCUT2D eigenvalue weighted by Crippen LogP contribution is 2.41. The molecule has 0 heterocycles. The molecule has 1 saturated carbocycles. The van der Waals surface area contributed by atoms with E-state index in [9.17, 15) is 0 Å². The summed E-state index contributed by atoms with van der Waals surface area (Å²) in [5.41, 5.74) is 0. The van der Waals surface area contributed by atoms with Gasteiger partial charge in [0.25, 0.3) is 0 Å². The Kier molecular flexibility index (Phi) is 27.5. The minimum absolute atomic E-state index is 0.271. The molecule has 270 valence electrons. The van der Waals surface area contributed by atoms with Crippen molar-refractivity contribution >= 4 is 56.0 Å². The average molecular weight is 747 g/mol. The van der Waals surface area contributed by atoms with Gasteiger partial charge in [0.2, 0.25) is 0 Å². The molecular formula is C33H70O6S4Si2. The molecule has 0 bridgehead atoms. The molecule has 1 rings (SSSR count). The normalized spacial score (nSPS) is 19.9. The van der Waals surface area contributed by atoms with Crippen molar-refractivity contribution in [1.82, 2.24) is 0 Å². The maximum Gasteiger partial charge on any atom is 0.500 e. The minimum atomic E-state index is -2.58. The van der Waals surface area contributed by atoms with Gasteiger partial charge in [0.05, 0.1) is 0 Å². The summed E-state index contributed by atoms with van der Waals surface area (Å²) in [5, 5.41) is 0. The van der Waals surface area contributed by atoms with Gasteiger partial charge in [-0.2, -0.15) is 0 Å². The first-order valence-corrected chi connectivity index (χ1v) is 27.4. The van der Waals surface area contributed by atoms with Gasteiger partial charge in [-0.15, -0.1) is 9.45 Å². The minimum Gasteiger partial charge on any atom is -0.374 e. The molecule has 6 nitrogen and oxygen atoms in total. The third-order valence-electron chi connectivity index (χ3n) is 8.90. The van der Waals surface area contributed by atoms with Crippen LogP contribution in [0, 0.1) is 17.8 Å². The van der Waals surface area contributed by atoms with Crippen LogP contribution in [-0.4, -0.2) is 68.8 Å². The molecule has 0 saturated heterocycles. The molecule has 4 unspecified atom stereocenters. The Hall–Kier alpha value is 1.20. The van der Waals surface area contributed by atoms with E-state index >= 15 is 0 Å². The van der Waals surface area contributed by atoms with Gasteiger partial charge < -0.3 is 26.6 Å². The Bertz CT molecular complexity index is 795. The molecule has 1 fully saturated rings. The van der Waals surface area contributed by atoms with E-state index in [1.165, 1.54) is 91.0 Å². The van der Waals surface area contributed by atoms with E-state index in [1.54, 1.807) is 0 Å². The second-order valence-corrected chi connectivity index (χ2v) is 24.2. The first-order valence-electron chi connectivity index (χ1n) is 18.4. The first-order chi connectivity index (χ1) is 21.9. The van der Waals surface area contributed by atoms with Gasteiger partial charge in [0.1, 0.15) is 0 Å². The lowest BCUT2D eigenvalue weighted by atomic mass is 9.70. The number of hydrogen-bond acceptors (Lipinski definition) is 7. The predicted molar refractivity (Wildman–Crippen MR) is 206 cm³/mol. The van der Waals surface area contributed by atoms with E-state index in [-0.39, 0.29) is 9.45 Å². The monoisotopic (exact) mass is 746 g/mol. The summed E-state index contributed by atoms with van der Waals surface area (Å²) in [6.07, 6.45) is 17.3. The Morgan fingerprint density at radius 2 is 1.11 bits per heavy atom. The van der Waals surface area contributed by atoms with Crippen LogP contribution >= 0.6 is 0 Å². The zero-order valence-corrected chi connectivity index (χ0v) is 35.3. The van der Waals surface area contributed by atoms with Crippen molar-refractivity contribution in [3.63, 3.8) is 0 Å². The molecular weight excluding hydrogens is 677 g/mol. The van der Waals surface area contributed by atoms with E-state index in [1.807, 2.05) is 50.4 Å². The van der Waals surface area contributed by atoms with Crippen LogP contribution in [0.1, 0.15) is 132 Å². The molecule has 1 aliphatic rings. The van der Waals surface area contributed by atoms with Gasteiger partial charge in [-0.05, 0) is 132 Å². The first kappa shape index (κ1) is 44.2. The molecule has 0 aromatic heterocycles. The van der Waals surface area contributed by atoms with Gasteiger partial charge in [-0.1, -0.05) is 58.3 Å². The summed E-state index contributed by atoms with van der Waals surface area (Å²) in [4.78, 5) is 0. The summed E-state index contributed by atoms with van der Waals surface area (Å²) in [6, 6.07) is 1.85. The van der Waals surface area contributed by atoms with Gasteiger partial charge >= 0.3 is 17.6 Å². The standard InChI is InChI=1S/C33H70O6S4Si2/c1-8-15-21-31-23-24-32(22-18-16-17-19-28-44(34-9-2,35-10-3)36-11-4)33(30-31)25-27-43(42-41-40)26-20-29-45(37-12-5,38-13-6)39-14-7/h31-33H,8-30H2,1-7H3. The fourth-order valence-electron chi connectivity index (χ4n) is 6.96. The average Bonchev–Trinajstić information content (AvgIpc) is 3.02. The quantitative estimate of drug-likeness (QED) is 0.0559. The van der Waals surface area contributed by atoms with Crippen molar-refractivity contribution in [2.45, 2.75) is 144 Å². The molecule has 12 heteroatoms. The molecule has 0 aromatic carbocycles. The van der Waals surface area contributed by atoms with Gasteiger partial charge in [0.15, 0.2) is 0 Å². The topological polar surface area (TPSA) is 55.4 Å². The number of rotatable bonds is 29. The zero-order valence-electron chi connectivity index (χ0n) is 30.1. The summed E-state index contributed by atoms with van der Waals surface area (Å²) in [6.45, 7) is 18.5. The van der Waals surface area contributed by atoms with E-state index in [2.05, 4.69) is 6.92 Å². The molecule has 0 N–H and O–H groups in total. The van der Waals surface area contributed by atoms with Crippen LogP contribution in [0.2, 0.25) is 12.1 Å². The largest absolute Gasteiger partial charge is 0.500 e. The lowest BCUT2D eigenvalue weighted by Gasteiger charge is -2.37. The molecule has 0 spiro atoms. The molecule has 1 aliphatic carbocycles. The van der Waals surface area contributed by atoms with Crippen molar-refractivity contribution in [2.75, 3.05) is 51.1 Å². The second-order valence-electron chi connectivity index (χ2n) is 12.1. The fraction of sp³-hybridized carbons (Fsp3) is 1.00. The molecule has 0 aromatic rings. The van der Waals surface area contributed by atoms with Gasteiger partial charge in [-0.25, -0.2) is 0 Å². The molecule has 0 radical (unpaired) electrons. The molecule has 0 amide bonds. The van der Waals surface area contributed by atoms with Crippen LogP contribution in [0.5, 0.6) is 0 Å². The van der Waals surface area contributed by atoms with Gasteiger partial charge in [-0.3, -0.25) is 0 Å². The summed E-state index contributed by atoms with van der Waals surface area (Å²) < 4.78 is 36.6. The Morgan fingerprint density at radius 3 is 1.62 bits per heavy atom. The lowest BCUT2D eigenvalue weighted by Crippen LogP contribution is -2.46. The smallest absolute Gasteiger partial charge is 0.374 e. The molecule has 0 aliphatic heterocycles. The van der Waals surface area contributed by atoms with Crippen molar-refractivity contribution in [1.29, 1.82) is 0 Å². The third kappa shape index (κ3) is 18.7. The van der Waals surface area contributed by atoms with Crippen LogP contribution in [0.15, 0.2) is 0 Å². The second kappa shape index (κ2) is 28.0. The maximum absolute atomic E-state index is 6.12. The van der Waals surface area contributed by atoms with Crippen LogP contribution in [-0.2, 0) is 65.0 Å². The lowest BCUT2D eigenvalue weighted by molar-refractivity contribution is 0.0700. The number of unbranched alkanes of at least 4 members (excludes halogenated alkanes) is 4. The van der Waals surface area contributed by atoms with E-state index < -0.39 is 17.6 Å². The zero-order chi connectivity index (χ0) is 33.2. The number of hydrogen-bond donors (Lipinski definition) is 0. The summed E-state index contributed by atoms with van der Waals surface area (Å²) in [7, 11) is -1.35. The van der Waals surface area contributed by atoms with Crippen LogP contribution < -0.4 is 0 Å². The summed E-state index contributed by atoms with van der Waals surface area (Å²) in [5.74, 6) is 5.15. The van der Waals surface area contributed by atoms with Crippen molar-refractivity contribution < 1.29 is 26.6 Å². The molecule has 4 atom stereocenters. The van der Waals surface area contributed by atoms with E-state index in [0.717, 1.165) is 42.7 Å². The van der Waals surface area contributed by atoms with Crippen LogP contribution in [0.25, 0.3) is 0 Å². The van der Waals surface area contributed by atoms with Crippen molar-refractivity contribution in [3.8, 4) is 0 Å². The summed E-state index contributed by atoms with van der Waals surface area (Å²) >= 11 is 5.40.